The van der Waals surface area contributed by atoms with Crippen LogP contribution in [0.15, 0.2) is 23.0 Å². The summed E-state index contributed by atoms with van der Waals surface area (Å²) in [5.41, 5.74) is 1.58. The van der Waals surface area contributed by atoms with Gasteiger partial charge in [-0.15, -0.1) is 0 Å². The standard InChI is InChI=1S/C14H17NO3/c1-4-5-9-8-10(16)13-11(17-2)6-7-12(18-3)14(13)15-9/h6-8H,4-5H2,1-3H3,(H,15,16). The maximum absolute atomic E-state index is 12.2. The molecule has 0 amide bonds. The summed E-state index contributed by atoms with van der Waals surface area (Å²) in [5, 5.41) is 0.539. The van der Waals surface area contributed by atoms with Gasteiger partial charge in [0.05, 0.1) is 25.1 Å². The number of aryl methyl sites for hydroxylation is 1. The van der Waals surface area contributed by atoms with Gasteiger partial charge in [-0.25, -0.2) is 0 Å². The summed E-state index contributed by atoms with van der Waals surface area (Å²) in [4.78, 5) is 15.4. The number of hydrogen-bond donors (Lipinski definition) is 1. The maximum Gasteiger partial charge on any atom is 0.193 e. The SMILES string of the molecule is CCCc1cc(=O)c2c(OC)ccc(OC)c2[nH]1. The number of H-pyrrole nitrogens is 1. The molecule has 0 aliphatic rings. The Labute approximate surface area is 106 Å². The highest BCUT2D eigenvalue weighted by atomic mass is 16.5. The molecule has 18 heavy (non-hydrogen) atoms. The van der Waals surface area contributed by atoms with E-state index in [1.54, 1.807) is 32.4 Å². The van der Waals surface area contributed by atoms with Crippen molar-refractivity contribution in [2.75, 3.05) is 14.2 Å². The highest BCUT2D eigenvalue weighted by molar-refractivity contribution is 5.90. The van der Waals surface area contributed by atoms with Gasteiger partial charge in [-0.1, -0.05) is 13.3 Å². The largest absolute Gasteiger partial charge is 0.496 e. The molecule has 0 bridgehead atoms. The number of hydrogen-bond acceptors (Lipinski definition) is 3. The number of pyridine rings is 1. The van der Waals surface area contributed by atoms with E-state index < -0.39 is 0 Å². The zero-order valence-electron chi connectivity index (χ0n) is 10.9. The lowest BCUT2D eigenvalue weighted by molar-refractivity contribution is 0.409. The van der Waals surface area contributed by atoms with Crippen molar-refractivity contribution in [2.24, 2.45) is 0 Å². The number of methoxy groups -OCH3 is 2. The van der Waals surface area contributed by atoms with E-state index in [4.69, 9.17) is 9.47 Å². The number of aromatic amines is 1. The molecule has 0 aliphatic carbocycles. The van der Waals surface area contributed by atoms with Gasteiger partial charge in [-0.3, -0.25) is 4.79 Å². The zero-order valence-corrected chi connectivity index (χ0v) is 10.9. The first-order valence-corrected chi connectivity index (χ1v) is 5.98. The molecule has 0 unspecified atom stereocenters. The summed E-state index contributed by atoms with van der Waals surface area (Å²) >= 11 is 0. The molecule has 0 spiro atoms. The van der Waals surface area contributed by atoms with E-state index in [-0.39, 0.29) is 5.43 Å². The minimum Gasteiger partial charge on any atom is -0.496 e. The smallest absolute Gasteiger partial charge is 0.193 e. The molecule has 1 aromatic carbocycles. The summed E-state index contributed by atoms with van der Waals surface area (Å²) in [6.07, 6.45) is 1.82. The number of aromatic nitrogens is 1. The van der Waals surface area contributed by atoms with Crippen molar-refractivity contribution >= 4 is 10.9 Å². The molecule has 2 rings (SSSR count). The molecule has 0 saturated carbocycles. The number of nitrogens with one attached hydrogen (secondary N) is 1. The molecule has 1 aromatic heterocycles. The first kappa shape index (κ1) is 12.5. The van der Waals surface area contributed by atoms with E-state index in [1.807, 2.05) is 0 Å². The second-order valence-electron chi connectivity index (χ2n) is 4.13. The van der Waals surface area contributed by atoms with Crippen molar-refractivity contribution in [1.82, 2.24) is 4.98 Å². The third kappa shape index (κ3) is 2.06. The first-order chi connectivity index (χ1) is 8.71. The fourth-order valence-electron chi connectivity index (χ4n) is 2.10. The fourth-order valence-corrected chi connectivity index (χ4v) is 2.10. The Balaban J connectivity index is 2.80. The Kier molecular flexibility index (Phi) is 3.55. The van der Waals surface area contributed by atoms with Crippen LogP contribution in [0.3, 0.4) is 0 Å². The van der Waals surface area contributed by atoms with Crippen molar-refractivity contribution in [3.05, 3.63) is 34.1 Å². The van der Waals surface area contributed by atoms with E-state index in [0.717, 1.165) is 18.5 Å². The van der Waals surface area contributed by atoms with Crippen LogP contribution in [0.5, 0.6) is 11.5 Å². The molecule has 4 nitrogen and oxygen atoms in total. The number of fused-ring (bicyclic) bond motifs is 1. The third-order valence-corrected chi connectivity index (χ3v) is 2.93. The Morgan fingerprint density at radius 3 is 2.44 bits per heavy atom. The molecule has 1 N–H and O–H groups in total. The van der Waals surface area contributed by atoms with Crippen molar-refractivity contribution in [3.63, 3.8) is 0 Å². The van der Waals surface area contributed by atoms with Gasteiger partial charge in [-0.05, 0) is 18.6 Å². The lowest BCUT2D eigenvalue weighted by atomic mass is 10.1. The lowest BCUT2D eigenvalue weighted by Crippen LogP contribution is -2.07. The second kappa shape index (κ2) is 5.12. The Hall–Kier alpha value is -1.97. The number of ether oxygens (including phenoxy) is 2. The number of benzene rings is 1. The van der Waals surface area contributed by atoms with Crippen LogP contribution in [0.2, 0.25) is 0 Å². The second-order valence-corrected chi connectivity index (χ2v) is 4.13. The predicted molar refractivity (Wildman–Crippen MR) is 71.7 cm³/mol. The van der Waals surface area contributed by atoms with Gasteiger partial charge in [0.1, 0.15) is 11.5 Å². The Morgan fingerprint density at radius 1 is 1.17 bits per heavy atom. The van der Waals surface area contributed by atoms with Crippen LogP contribution < -0.4 is 14.9 Å². The van der Waals surface area contributed by atoms with Crippen LogP contribution in [-0.2, 0) is 6.42 Å². The van der Waals surface area contributed by atoms with Gasteiger partial charge >= 0.3 is 0 Å². The summed E-state index contributed by atoms with van der Waals surface area (Å²) < 4.78 is 10.5. The molecule has 0 atom stereocenters. The molecule has 0 aliphatic heterocycles. The van der Waals surface area contributed by atoms with Gasteiger partial charge in [0.15, 0.2) is 5.43 Å². The van der Waals surface area contributed by atoms with Crippen molar-refractivity contribution in [2.45, 2.75) is 19.8 Å². The molecule has 0 radical (unpaired) electrons. The highest BCUT2D eigenvalue weighted by Gasteiger charge is 2.12. The molecular formula is C14H17NO3. The van der Waals surface area contributed by atoms with Crippen LogP contribution in [0, 0.1) is 0 Å². The Bertz CT molecular complexity index is 616. The van der Waals surface area contributed by atoms with Gasteiger partial charge in [0, 0.05) is 11.8 Å². The average Bonchev–Trinajstić information content (AvgIpc) is 2.37. The van der Waals surface area contributed by atoms with Crippen LogP contribution in [0.4, 0.5) is 0 Å². The van der Waals surface area contributed by atoms with E-state index in [0.29, 0.717) is 22.4 Å². The minimum atomic E-state index is -0.0389. The molecule has 96 valence electrons. The maximum atomic E-state index is 12.2. The van der Waals surface area contributed by atoms with Gasteiger partial charge in [0.2, 0.25) is 0 Å². The number of rotatable bonds is 4. The normalized spacial score (nSPS) is 10.6. The quantitative estimate of drug-likeness (QED) is 0.903. The zero-order chi connectivity index (χ0) is 13.1. The molecule has 4 heteroatoms. The summed E-state index contributed by atoms with van der Waals surface area (Å²) in [7, 11) is 3.15. The van der Waals surface area contributed by atoms with Crippen LogP contribution in [0.25, 0.3) is 10.9 Å². The summed E-state index contributed by atoms with van der Waals surface area (Å²) in [5.74, 6) is 1.22. The van der Waals surface area contributed by atoms with Gasteiger partial charge in [-0.2, -0.15) is 0 Å². The molecule has 1 heterocycles. The van der Waals surface area contributed by atoms with Crippen molar-refractivity contribution < 1.29 is 9.47 Å². The molecular weight excluding hydrogens is 230 g/mol. The van der Waals surface area contributed by atoms with Crippen molar-refractivity contribution in [3.8, 4) is 11.5 Å². The Morgan fingerprint density at radius 2 is 1.83 bits per heavy atom. The van der Waals surface area contributed by atoms with Gasteiger partial charge in [0.25, 0.3) is 0 Å². The van der Waals surface area contributed by atoms with Crippen LogP contribution in [-0.4, -0.2) is 19.2 Å². The van der Waals surface area contributed by atoms with E-state index in [2.05, 4.69) is 11.9 Å². The van der Waals surface area contributed by atoms with E-state index in [1.165, 1.54) is 0 Å². The highest BCUT2D eigenvalue weighted by Crippen LogP contribution is 2.29. The summed E-state index contributed by atoms with van der Waals surface area (Å²) in [6, 6.07) is 5.18. The molecule has 0 fully saturated rings. The van der Waals surface area contributed by atoms with Crippen LogP contribution >= 0.6 is 0 Å². The predicted octanol–water partition coefficient (Wildman–Crippen LogP) is 2.50. The van der Waals surface area contributed by atoms with E-state index >= 15 is 0 Å². The van der Waals surface area contributed by atoms with Crippen molar-refractivity contribution in [1.29, 1.82) is 0 Å². The molecule has 0 saturated heterocycles. The minimum absolute atomic E-state index is 0.0389. The topological polar surface area (TPSA) is 51.3 Å². The lowest BCUT2D eigenvalue weighted by Gasteiger charge is -2.10. The van der Waals surface area contributed by atoms with Crippen LogP contribution in [0.1, 0.15) is 19.0 Å². The van der Waals surface area contributed by atoms with Gasteiger partial charge < -0.3 is 14.5 Å². The summed E-state index contributed by atoms with van der Waals surface area (Å²) in [6.45, 7) is 2.07. The average molecular weight is 247 g/mol. The molecule has 2 aromatic rings. The first-order valence-electron chi connectivity index (χ1n) is 5.98. The fraction of sp³-hybridized carbons (Fsp3) is 0.357. The monoisotopic (exact) mass is 247 g/mol. The third-order valence-electron chi connectivity index (χ3n) is 2.93. The van der Waals surface area contributed by atoms with E-state index in [9.17, 15) is 4.79 Å².